The molecular weight excluding hydrogens is 330 g/mol. The zero-order valence-corrected chi connectivity index (χ0v) is 15.5. The summed E-state index contributed by atoms with van der Waals surface area (Å²) in [5.74, 6) is 1.56. The first-order valence-corrected chi connectivity index (χ1v) is 8.45. The molecule has 0 saturated carbocycles. The van der Waals surface area contributed by atoms with Gasteiger partial charge in [0.1, 0.15) is 18.1 Å². The van der Waals surface area contributed by atoms with E-state index in [9.17, 15) is 4.79 Å². The van der Waals surface area contributed by atoms with Gasteiger partial charge >= 0.3 is 0 Å². The Bertz CT molecular complexity index is 911. The highest BCUT2D eigenvalue weighted by Gasteiger charge is 2.17. The molecule has 6 nitrogen and oxygen atoms in total. The van der Waals surface area contributed by atoms with Crippen LogP contribution in [0.1, 0.15) is 33.1 Å². The molecule has 0 saturated heterocycles. The van der Waals surface area contributed by atoms with Gasteiger partial charge in [0, 0.05) is 20.3 Å². The van der Waals surface area contributed by atoms with Crippen LogP contribution in [0.5, 0.6) is 5.75 Å². The molecule has 0 atom stereocenters. The molecule has 3 rings (SSSR count). The van der Waals surface area contributed by atoms with Crippen molar-refractivity contribution in [2.45, 2.75) is 27.0 Å². The van der Waals surface area contributed by atoms with Gasteiger partial charge in [0.15, 0.2) is 5.76 Å². The van der Waals surface area contributed by atoms with Crippen LogP contribution in [0.25, 0.3) is 0 Å². The van der Waals surface area contributed by atoms with Crippen molar-refractivity contribution in [1.82, 2.24) is 14.7 Å². The standard InChI is InChI=1S/C20H23N3O3/c1-14-5-6-15(2)19(11-14)25-13-17-7-8-18(26-17)20(24)22(3)12-16-9-10-21-23(16)4/h5-11H,12-13H2,1-4H3. The van der Waals surface area contributed by atoms with E-state index in [4.69, 9.17) is 9.15 Å². The average Bonchev–Trinajstić information content (AvgIpc) is 3.24. The van der Waals surface area contributed by atoms with Gasteiger partial charge in [-0.05, 0) is 49.2 Å². The summed E-state index contributed by atoms with van der Waals surface area (Å²) >= 11 is 0. The van der Waals surface area contributed by atoms with Gasteiger partial charge < -0.3 is 14.1 Å². The Morgan fingerprint density at radius 1 is 1.23 bits per heavy atom. The van der Waals surface area contributed by atoms with Crippen LogP contribution in [0.4, 0.5) is 0 Å². The second-order valence-corrected chi connectivity index (χ2v) is 6.43. The first-order chi connectivity index (χ1) is 12.4. The number of carbonyl (C=O) groups is 1. The highest BCUT2D eigenvalue weighted by molar-refractivity contribution is 5.91. The van der Waals surface area contributed by atoms with E-state index in [-0.39, 0.29) is 12.5 Å². The molecule has 136 valence electrons. The quantitative estimate of drug-likeness (QED) is 0.681. The zero-order chi connectivity index (χ0) is 18.7. The maximum Gasteiger partial charge on any atom is 0.289 e. The van der Waals surface area contributed by atoms with Crippen LogP contribution in [-0.2, 0) is 20.2 Å². The number of ether oxygens (including phenoxy) is 1. The number of nitrogens with zero attached hydrogens (tertiary/aromatic N) is 3. The third kappa shape index (κ3) is 3.96. The Labute approximate surface area is 153 Å². The van der Waals surface area contributed by atoms with Crippen molar-refractivity contribution >= 4 is 5.91 Å². The summed E-state index contributed by atoms with van der Waals surface area (Å²) in [6.07, 6.45) is 1.71. The summed E-state index contributed by atoms with van der Waals surface area (Å²) in [6, 6.07) is 11.4. The molecule has 1 amide bonds. The van der Waals surface area contributed by atoms with Gasteiger partial charge in [0.05, 0.1) is 12.2 Å². The number of aryl methyl sites for hydroxylation is 3. The molecule has 0 bridgehead atoms. The summed E-state index contributed by atoms with van der Waals surface area (Å²) in [6.45, 7) is 4.76. The smallest absolute Gasteiger partial charge is 0.289 e. The molecule has 0 unspecified atom stereocenters. The Hall–Kier alpha value is -3.02. The first-order valence-electron chi connectivity index (χ1n) is 8.45. The Morgan fingerprint density at radius 2 is 2.04 bits per heavy atom. The van der Waals surface area contributed by atoms with Crippen LogP contribution >= 0.6 is 0 Å². The van der Waals surface area contributed by atoms with Crippen molar-refractivity contribution in [3.63, 3.8) is 0 Å². The van der Waals surface area contributed by atoms with Crippen LogP contribution in [-0.4, -0.2) is 27.6 Å². The van der Waals surface area contributed by atoms with Gasteiger partial charge in [0.2, 0.25) is 0 Å². The molecule has 26 heavy (non-hydrogen) atoms. The lowest BCUT2D eigenvalue weighted by Crippen LogP contribution is -2.26. The fraction of sp³-hybridized carbons (Fsp3) is 0.300. The van der Waals surface area contributed by atoms with E-state index in [1.54, 1.807) is 35.0 Å². The van der Waals surface area contributed by atoms with Gasteiger partial charge in [-0.25, -0.2) is 0 Å². The van der Waals surface area contributed by atoms with E-state index in [1.807, 2.05) is 45.2 Å². The van der Waals surface area contributed by atoms with Crippen LogP contribution < -0.4 is 4.74 Å². The van der Waals surface area contributed by atoms with E-state index in [0.717, 1.165) is 22.6 Å². The Balaban J connectivity index is 1.62. The molecule has 3 aromatic rings. The molecule has 0 aliphatic rings. The van der Waals surface area contributed by atoms with E-state index in [2.05, 4.69) is 5.10 Å². The topological polar surface area (TPSA) is 60.5 Å². The van der Waals surface area contributed by atoms with Crippen LogP contribution in [0.15, 0.2) is 47.0 Å². The molecule has 0 aliphatic heterocycles. The third-order valence-electron chi connectivity index (χ3n) is 4.25. The monoisotopic (exact) mass is 353 g/mol. The number of hydrogen-bond donors (Lipinski definition) is 0. The first kappa shape index (κ1) is 17.8. The van der Waals surface area contributed by atoms with Gasteiger partial charge in [0.25, 0.3) is 5.91 Å². The zero-order valence-electron chi connectivity index (χ0n) is 15.5. The number of rotatable bonds is 6. The molecule has 0 N–H and O–H groups in total. The number of hydrogen-bond acceptors (Lipinski definition) is 4. The number of benzene rings is 1. The second kappa shape index (κ2) is 7.47. The van der Waals surface area contributed by atoms with E-state index >= 15 is 0 Å². The lowest BCUT2D eigenvalue weighted by atomic mass is 10.1. The average molecular weight is 353 g/mol. The fourth-order valence-electron chi connectivity index (χ4n) is 2.64. The molecule has 2 heterocycles. The molecular formula is C20H23N3O3. The number of amides is 1. The predicted octanol–water partition coefficient (Wildman–Crippen LogP) is 3.48. The molecule has 0 fully saturated rings. The highest BCUT2D eigenvalue weighted by atomic mass is 16.5. The van der Waals surface area contributed by atoms with Crippen LogP contribution in [0, 0.1) is 13.8 Å². The van der Waals surface area contributed by atoms with Crippen LogP contribution in [0.3, 0.4) is 0 Å². The number of furan rings is 1. The number of carbonyl (C=O) groups excluding carboxylic acids is 1. The molecule has 1 aromatic carbocycles. The lowest BCUT2D eigenvalue weighted by Gasteiger charge is -2.15. The van der Waals surface area contributed by atoms with Crippen molar-refractivity contribution in [2.75, 3.05) is 7.05 Å². The minimum Gasteiger partial charge on any atom is -0.485 e. The van der Waals surface area contributed by atoms with Crippen LogP contribution in [0.2, 0.25) is 0 Å². The molecule has 0 aliphatic carbocycles. The van der Waals surface area contributed by atoms with Gasteiger partial charge in [-0.2, -0.15) is 5.10 Å². The molecule has 2 aromatic heterocycles. The maximum absolute atomic E-state index is 12.5. The largest absolute Gasteiger partial charge is 0.485 e. The van der Waals surface area contributed by atoms with Crippen molar-refractivity contribution < 1.29 is 13.9 Å². The van der Waals surface area contributed by atoms with E-state index < -0.39 is 0 Å². The van der Waals surface area contributed by atoms with Crippen molar-refractivity contribution in [1.29, 1.82) is 0 Å². The number of aromatic nitrogens is 2. The van der Waals surface area contributed by atoms with Crippen molar-refractivity contribution in [3.8, 4) is 5.75 Å². The van der Waals surface area contributed by atoms with E-state index in [0.29, 0.717) is 18.1 Å². The fourth-order valence-corrected chi connectivity index (χ4v) is 2.64. The van der Waals surface area contributed by atoms with Gasteiger partial charge in [-0.15, -0.1) is 0 Å². The summed E-state index contributed by atoms with van der Waals surface area (Å²) in [5.41, 5.74) is 3.15. The van der Waals surface area contributed by atoms with Crippen molar-refractivity contribution in [2.24, 2.45) is 7.05 Å². The lowest BCUT2D eigenvalue weighted by molar-refractivity contribution is 0.0746. The summed E-state index contributed by atoms with van der Waals surface area (Å²) in [7, 11) is 3.59. The Kier molecular flexibility index (Phi) is 5.11. The summed E-state index contributed by atoms with van der Waals surface area (Å²) < 4.78 is 13.2. The molecule has 6 heteroatoms. The normalized spacial score (nSPS) is 10.8. The minimum atomic E-state index is -0.177. The summed E-state index contributed by atoms with van der Waals surface area (Å²) in [4.78, 5) is 14.1. The highest BCUT2D eigenvalue weighted by Crippen LogP contribution is 2.21. The third-order valence-corrected chi connectivity index (χ3v) is 4.25. The van der Waals surface area contributed by atoms with Gasteiger partial charge in [-0.1, -0.05) is 12.1 Å². The van der Waals surface area contributed by atoms with Gasteiger partial charge in [-0.3, -0.25) is 9.48 Å². The molecule has 0 radical (unpaired) electrons. The predicted molar refractivity (Wildman–Crippen MR) is 98.0 cm³/mol. The molecule has 0 spiro atoms. The summed E-state index contributed by atoms with van der Waals surface area (Å²) in [5, 5.41) is 4.11. The minimum absolute atomic E-state index is 0.177. The second-order valence-electron chi connectivity index (χ2n) is 6.43. The maximum atomic E-state index is 12.5. The van der Waals surface area contributed by atoms with Crippen molar-refractivity contribution in [3.05, 3.63) is 70.9 Å². The SMILES string of the molecule is Cc1ccc(C)c(OCc2ccc(C(=O)N(C)Cc3ccnn3C)o2)c1. The Morgan fingerprint density at radius 3 is 2.77 bits per heavy atom. The van der Waals surface area contributed by atoms with E-state index in [1.165, 1.54) is 0 Å².